The summed E-state index contributed by atoms with van der Waals surface area (Å²) >= 11 is 9.67. The first-order valence-electron chi connectivity index (χ1n) is 5.49. The lowest BCUT2D eigenvalue weighted by molar-refractivity contribution is -0.0251. The van der Waals surface area contributed by atoms with E-state index < -0.39 is 0 Å². The van der Waals surface area contributed by atoms with Gasteiger partial charge in [-0.15, -0.1) is 0 Å². The van der Waals surface area contributed by atoms with Gasteiger partial charge in [0.25, 0.3) is 0 Å². The Kier molecular flexibility index (Phi) is 4.25. The molecule has 0 bridgehead atoms. The highest BCUT2D eigenvalue weighted by Crippen LogP contribution is 2.37. The number of hydrogen-bond donors (Lipinski definition) is 1. The smallest absolute Gasteiger partial charge is 0.0879 e. The predicted octanol–water partition coefficient (Wildman–Crippen LogP) is 3.53. The predicted molar refractivity (Wildman–Crippen MR) is 69.6 cm³/mol. The summed E-state index contributed by atoms with van der Waals surface area (Å²) in [4.78, 5) is 0. The van der Waals surface area contributed by atoms with Crippen molar-refractivity contribution in [3.63, 3.8) is 0 Å². The van der Waals surface area contributed by atoms with Crippen molar-refractivity contribution in [1.29, 1.82) is 0 Å². The fourth-order valence-corrected chi connectivity index (χ4v) is 2.76. The van der Waals surface area contributed by atoms with Gasteiger partial charge in [0.15, 0.2) is 0 Å². The maximum absolute atomic E-state index is 6.21. The second-order valence-electron chi connectivity index (χ2n) is 4.10. The minimum atomic E-state index is 0.0451. The standard InChI is InChI=1S/C12H15BrClNO/c13-9-3-4-11(14)10(6-9)12-8(7-15)2-1-5-16-12/h3-4,6,8,12H,1-2,5,7,15H2. The van der Waals surface area contributed by atoms with E-state index in [-0.39, 0.29) is 6.10 Å². The topological polar surface area (TPSA) is 35.2 Å². The number of halogens is 2. The Morgan fingerprint density at radius 3 is 3.06 bits per heavy atom. The van der Waals surface area contributed by atoms with Crippen molar-refractivity contribution >= 4 is 27.5 Å². The molecule has 88 valence electrons. The summed E-state index contributed by atoms with van der Waals surface area (Å²) in [7, 11) is 0. The van der Waals surface area contributed by atoms with Crippen LogP contribution >= 0.6 is 27.5 Å². The molecule has 0 aromatic heterocycles. The monoisotopic (exact) mass is 303 g/mol. The van der Waals surface area contributed by atoms with Crippen LogP contribution in [0.2, 0.25) is 5.02 Å². The molecule has 0 saturated carbocycles. The minimum Gasteiger partial charge on any atom is -0.373 e. The summed E-state index contributed by atoms with van der Waals surface area (Å²) in [6, 6.07) is 5.86. The van der Waals surface area contributed by atoms with E-state index in [4.69, 9.17) is 22.1 Å². The van der Waals surface area contributed by atoms with Crippen molar-refractivity contribution in [3.8, 4) is 0 Å². The number of benzene rings is 1. The molecule has 2 N–H and O–H groups in total. The molecule has 16 heavy (non-hydrogen) atoms. The van der Waals surface area contributed by atoms with Crippen LogP contribution in [0.25, 0.3) is 0 Å². The van der Waals surface area contributed by atoms with Gasteiger partial charge in [0.05, 0.1) is 6.10 Å². The van der Waals surface area contributed by atoms with Gasteiger partial charge in [-0.3, -0.25) is 0 Å². The molecule has 2 atom stereocenters. The van der Waals surface area contributed by atoms with E-state index in [2.05, 4.69) is 15.9 Å². The largest absolute Gasteiger partial charge is 0.373 e. The molecule has 1 aliphatic rings. The van der Waals surface area contributed by atoms with Gasteiger partial charge in [0, 0.05) is 27.6 Å². The third kappa shape index (κ3) is 2.59. The van der Waals surface area contributed by atoms with Crippen molar-refractivity contribution in [2.75, 3.05) is 13.2 Å². The van der Waals surface area contributed by atoms with Gasteiger partial charge >= 0.3 is 0 Å². The first-order chi connectivity index (χ1) is 7.72. The molecule has 0 radical (unpaired) electrons. The fourth-order valence-electron chi connectivity index (χ4n) is 2.16. The lowest BCUT2D eigenvalue weighted by atomic mass is 9.89. The number of nitrogens with two attached hydrogens (primary N) is 1. The summed E-state index contributed by atoms with van der Waals surface area (Å²) in [5, 5.41) is 0.758. The number of rotatable bonds is 2. The zero-order chi connectivity index (χ0) is 11.5. The third-order valence-electron chi connectivity index (χ3n) is 3.01. The lowest BCUT2D eigenvalue weighted by Crippen LogP contribution is -2.28. The highest BCUT2D eigenvalue weighted by molar-refractivity contribution is 9.10. The molecule has 1 aliphatic heterocycles. The molecule has 1 fully saturated rings. The summed E-state index contributed by atoms with van der Waals surface area (Å²) < 4.78 is 6.84. The molecule has 4 heteroatoms. The van der Waals surface area contributed by atoms with Crippen molar-refractivity contribution < 1.29 is 4.74 Å². The first-order valence-corrected chi connectivity index (χ1v) is 6.66. The highest BCUT2D eigenvalue weighted by Gasteiger charge is 2.27. The molecule has 2 nitrogen and oxygen atoms in total. The van der Waals surface area contributed by atoms with Gasteiger partial charge in [0.2, 0.25) is 0 Å². The molecule has 2 rings (SSSR count). The van der Waals surface area contributed by atoms with Crippen LogP contribution in [0.3, 0.4) is 0 Å². The van der Waals surface area contributed by atoms with E-state index in [1.54, 1.807) is 0 Å². The zero-order valence-corrected chi connectivity index (χ0v) is 11.3. The summed E-state index contributed by atoms with van der Waals surface area (Å²) in [6.45, 7) is 1.44. The van der Waals surface area contributed by atoms with Crippen LogP contribution in [0.4, 0.5) is 0 Å². The second-order valence-corrected chi connectivity index (χ2v) is 5.42. The maximum Gasteiger partial charge on any atom is 0.0879 e. The fraction of sp³-hybridized carbons (Fsp3) is 0.500. The summed E-state index contributed by atoms with van der Waals surface area (Å²) in [5.74, 6) is 0.376. The van der Waals surface area contributed by atoms with Crippen LogP contribution < -0.4 is 5.73 Å². The van der Waals surface area contributed by atoms with E-state index >= 15 is 0 Å². The van der Waals surface area contributed by atoms with Gasteiger partial charge in [-0.05, 0) is 37.6 Å². The van der Waals surface area contributed by atoms with Crippen LogP contribution in [-0.2, 0) is 4.74 Å². The maximum atomic E-state index is 6.21. The molecule has 1 heterocycles. The average Bonchev–Trinajstić information content (AvgIpc) is 2.32. The van der Waals surface area contributed by atoms with E-state index in [0.29, 0.717) is 12.5 Å². The summed E-state index contributed by atoms with van der Waals surface area (Å²) in [6.07, 6.45) is 2.25. The molecule has 1 aromatic carbocycles. The Balaban J connectivity index is 2.30. The van der Waals surface area contributed by atoms with Gasteiger partial charge in [0.1, 0.15) is 0 Å². The van der Waals surface area contributed by atoms with Crippen LogP contribution in [-0.4, -0.2) is 13.2 Å². The van der Waals surface area contributed by atoms with Gasteiger partial charge in [-0.25, -0.2) is 0 Å². The van der Waals surface area contributed by atoms with Crippen molar-refractivity contribution in [1.82, 2.24) is 0 Å². The van der Waals surface area contributed by atoms with Crippen molar-refractivity contribution in [2.45, 2.75) is 18.9 Å². The molecular weight excluding hydrogens is 289 g/mol. The molecule has 1 saturated heterocycles. The van der Waals surface area contributed by atoms with E-state index in [1.165, 1.54) is 0 Å². The van der Waals surface area contributed by atoms with Crippen molar-refractivity contribution in [3.05, 3.63) is 33.3 Å². The molecule has 0 spiro atoms. The number of hydrogen-bond acceptors (Lipinski definition) is 2. The minimum absolute atomic E-state index is 0.0451. The SMILES string of the molecule is NCC1CCCOC1c1cc(Br)ccc1Cl. The Labute approximate surface area is 109 Å². The van der Waals surface area contributed by atoms with Crippen LogP contribution in [0.1, 0.15) is 24.5 Å². The Hall–Kier alpha value is -0.0900. The second kappa shape index (κ2) is 5.50. The van der Waals surface area contributed by atoms with Crippen LogP contribution in [0.5, 0.6) is 0 Å². The molecular formula is C12H15BrClNO. The van der Waals surface area contributed by atoms with Gasteiger partial charge < -0.3 is 10.5 Å². The first kappa shape index (κ1) is 12.4. The Morgan fingerprint density at radius 2 is 2.31 bits per heavy atom. The zero-order valence-electron chi connectivity index (χ0n) is 8.96. The summed E-state index contributed by atoms with van der Waals surface area (Å²) in [5.41, 5.74) is 6.83. The molecule has 1 aromatic rings. The van der Waals surface area contributed by atoms with Gasteiger partial charge in [-0.2, -0.15) is 0 Å². The van der Waals surface area contributed by atoms with Crippen molar-refractivity contribution in [2.24, 2.45) is 11.7 Å². The number of ether oxygens (including phenoxy) is 1. The quantitative estimate of drug-likeness (QED) is 0.907. The van der Waals surface area contributed by atoms with E-state index in [1.807, 2.05) is 18.2 Å². The molecule has 2 unspecified atom stereocenters. The lowest BCUT2D eigenvalue weighted by Gasteiger charge is -2.31. The Morgan fingerprint density at radius 1 is 1.50 bits per heavy atom. The molecule has 0 amide bonds. The van der Waals surface area contributed by atoms with Crippen LogP contribution in [0, 0.1) is 5.92 Å². The van der Waals surface area contributed by atoms with Crippen LogP contribution in [0.15, 0.2) is 22.7 Å². The van der Waals surface area contributed by atoms with Gasteiger partial charge in [-0.1, -0.05) is 27.5 Å². The molecule has 0 aliphatic carbocycles. The van der Waals surface area contributed by atoms with E-state index in [0.717, 1.165) is 34.5 Å². The normalized spacial score (nSPS) is 25.7. The van der Waals surface area contributed by atoms with E-state index in [9.17, 15) is 0 Å². The third-order valence-corrected chi connectivity index (χ3v) is 3.85. The Bertz CT molecular complexity index is 372. The highest BCUT2D eigenvalue weighted by atomic mass is 79.9. The average molecular weight is 305 g/mol.